The van der Waals surface area contributed by atoms with Crippen molar-refractivity contribution in [3.05, 3.63) is 80.8 Å². The predicted molar refractivity (Wildman–Crippen MR) is 119 cm³/mol. The van der Waals surface area contributed by atoms with E-state index in [1.807, 2.05) is 31.2 Å². The smallest absolute Gasteiger partial charge is 0.255 e. The number of anilines is 1. The van der Waals surface area contributed by atoms with Crippen LogP contribution in [0.1, 0.15) is 15.9 Å². The summed E-state index contributed by atoms with van der Waals surface area (Å²) in [6.45, 7) is 1.88. The molecule has 140 valence electrons. The SMILES string of the molecule is Cc1ccc(C(=O)Nc2c(Cl)cc(Cl)cc2-c2nc3ccccc3s2)cc1Cl. The van der Waals surface area contributed by atoms with Gasteiger partial charge in [0.25, 0.3) is 5.91 Å². The first-order valence-electron chi connectivity index (χ1n) is 8.35. The molecule has 0 bridgehead atoms. The van der Waals surface area contributed by atoms with Gasteiger partial charge in [0.1, 0.15) is 5.01 Å². The number of thiazole rings is 1. The van der Waals surface area contributed by atoms with Gasteiger partial charge in [0, 0.05) is 21.2 Å². The minimum absolute atomic E-state index is 0.312. The van der Waals surface area contributed by atoms with E-state index < -0.39 is 0 Å². The molecule has 28 heavy (non-hydrogen) atoms. The molecule has 4 aromatic rings. The fraction of sp³-hybridized carbons (Fsp3) is 0.0476. The van der Waals surface area contributed by atoms with Gasteiger partial charge in [-0.25, -0.2) is 4.98 Å². The van der Waals surface area contributed by atoms with Gasteiger partial charge in [0.2, 0.25) is 0 Å². The van der Waals surface area contributed by atoms with E-state index in [4.69, 9.17) is 34.8 Å². The maximum absolute atomic E-state index is 12.8. The fourth-order valence-electron chi connectivity index (χ4n) is 2.78. The molecular formula is C21H13Cl3N2OS. The number of hydrogen-bond acceptors (Lipinski definition) is 3. The molecule has 1 heterocycles. The molecule has 0 saturated heterocycles. The maximum Gasteiger partial charge on any atom is 0.255 e. The second kappa shape index (κ2) is 7.72. The standard InChI is InChI=1S/C21H13Cl3N2OS/c1-11-6-7-12(8-15(11)23)20(27)26-19-14(9-13(22)10-16(19)24)21-25-17-4-2-3-5-18(17)28-21/h2-10H,1H3,(H,26,27). The van der Waals surface area contributed by atoms with Gasteiger partial charge >= 0.3 is 0 Å². The topological polar surface area (TPSA) is 42.0 Å². The average Bonchev–Trinajstić information content (AvgIpc) is 3.09. The molecule has 3 aromatic carbocycles. The minimum Gasteiger partial charge on any atom is -0.320 e. The Morgan fingerprint density at radius 2 is 1.79 bits per heavy atom. The van der Waals surface area contributed by atoms with Crippen LogP contribution in [-0.2, 0) is 0 Å². The largest absolute Gasteiger partial charge is 0.320 e. The number of carbonyl (C=O) groups is 1. The van der Waals surface area contributed by atoms with Crippen LogP contribution in [0.3, 0.4) is 0 Å². The lowest BCUT2D eigenvalue weighted by atomic mass is 10.1. The molecule has 1 amide bonds. The van der Waals surface area contributed by atoms with Crippen LogP contribution in [0.2, 0.25) is 15.1 Å². The maximum atomic E-state index is 12.8. The molecule has 3 nitrogen and oxygen atoms in total. The summed E-state index contributed by atoms with van der Waals surface area (Å²) in [6.07, 6.45) is 0. The first-order chi connectivity index (χ1) is 13.4. The summed E-state index contributed by atoms with van der Waals surface area (Å²) in [5.74, 6) is -0.312. The van der Waals surface area contributed by atoms with Crippen molar-refractivity contribution in [2.75, 3.05) is 5.32 Å². The molecule has 0 atom stereocenters. The zero-order valence-corrected chi connectivity index (χ0v) is 17.7. The third-order valence-electron chi connectivity index (χ3n) is 4.25. The van der Waals surface area contributed by atoms with Gasteiger partial charge in [-0.2, -0.15) is 0 Å². The zero-order chi connectivity index (χ0) is 19.8. The van der Waals surface area contributed by atoms with Crippen molar-refractivity contribution in [2.45, 2.75) is 6.92 Å². The van der Waals surface area contributed by atoms with Gasteiger partial charge in [-0.15, -0.1) is 11.3 Å². The Bertz CT molecular complexity index is 1190. The highest BCUT2D eigenvalue weighted by molar-refractivity contribution is 7.21. The number of rotatable bonds is 3. The number of aromatic nitrogens is 1. The van der Waals surface area contributed by atoms with E-state index in [2.05, 4.69) is 10.3 Å². The molecule has 7 heteroatoms. The summed E-state index contributed by atoms with van der Waals surface area (Å²) in [6, 6.07) is 16.3. The first-order valence-corrected chi connectivity index (χ1v) is 10.3. The second-order valence-corrected chi connectivity index (χ2v) is 8.50. The van der Waals surface area contributed by atoms with Crippen molar-refractivity contribution in [3.63, 3.8) is 0 Å². The summed E-state index contributed by atoms with van der Waals surface area (Å²) in [7, 11) is 0. The van der Waals surface area contributed by atoms with Crippen LogP contribution in [-0.4, -0.2) is 10.9 Å². The van der Waals surface area contributed by atoms with Crippen LogP contribution in [0.4, 0.5) is 5.69 Å². The highest BCUT2D eigenvalue weighted by atomic mass is 35.5. The number of amides is 1. The summed E-state index contributed by atoms with van der Waals surface area (Å²) >= 11 is 20.3. The third-order valence-corrected chi connectivity index (χ3v) is 6.25. The lowest BCUT2D eigenvalue weighted by Crippen LogP contribution is -2.13. The van der Waals surface area contributed by atoms with Crippen LogP contribution < -0.4 is 5.32 Å². The third kappa shape index (κ3) is 3.74. The lowest BCUT2D eigenvalue weighted by Gasteiger charge is -2.13. The molecule has 0 saturated carbocycles. The fourth-order valence-corrected chi connectivity index (χ4v) is 4.49. The Labute approximate surface area is 180 Å². The van der Waals surface area contributed by atoms with Crippen molar-refractivity contribution in [1.29, 1.82) is 0 Å². The molecule has 0 aliphatic carbocycles. The number of nitrogens with one attached hydrogen (secondary N) is 1. The van der Waals surface area contributed by atoms with E-state index in [0.29, 0.717) is 31.9 Å². The van der Waals surface area contributed by atoms with E-state index >= 15 is 0 Å². The quantitative estimate of drug-likeness (QED) is 0.353. The van der Waals surface area contributed by atoms with Gasteiger partial charge in [-0.1, -0.05) is 53.0 Å². The summed E-state index contributed by atoms with van der Waals surface area (Å²) in [5.41, 5.74) is 3.35. The van der Waals surface area contributed by atoms with E-state index in [1.54, 1.807) is 30.3 Å². The number of nitrogens with zero attached hydrogens (tertiary/aromatic N) is 1. The molecule has 0 spiro atoms. The predicted octanol–water partition coefficient (Wildman–Crippen LogP) is 7.48. The van der Waals surface area contributed by atoms with E-state index in [0.717, 1.165) is 20.8 Å². The van der Waals surface area contributed by atoms with Crippen molar-refractivity contribution in [2.24, 2.45) is 0 Å². The number of halogens is 3. The number of hydrogen-bond donors (Lipinski definition) is 1. The van der Waals surface area contributed by atoms with Crippen molar-refractivity contribution in [1.82, 2.24) is 4.98 Å². The summed E-state index contributed by atoms with van der Waals surface area (Å²) in [5, 5.41) is 4.95. The average molecular weight is 448 g/mol. The zero-order valence-electron chi connectivity index (χ0n) is 14.6. The number of aryl methyl sites for hydroxylation is 1. The highest BCUT2D eigenvalue weighted by Crippen LogP contribution is 2.40. The molecule has 0 aliphatic rings. The van der Waals surface area contributed by atoms with Gasteiger partial charge in [0.15, 0.2) is 0 Å². The number of carbonyl (C=O) groups excluding carboxylic acids is 1. The molecule has 0 radical (unpaired) electrons. The Morgan fingerprint density at radius 3 is 2.54 bits per heavy atom. The van der Waals surface area contributed by atoms with Crippen LogP contribution in [0.15, 0.2) is 54.6 Å². The highest BCUT2D eigenvalue weighted by Gasteiger charge is 2.18. The summed E-state index contributed by atoms with van der Waals surface area (Å²) < 4.78 is 1.04. The number of para-hydroxylation sites is 1. The molecular weight excluding hydrogens is 435 g/mol. The summed E-state index contributed by atoms with van der Waals surface area (Å²) in [4.78, 5) is 17.5. The Balaban J connectivity index is 1.78. The number of benzene rings is 3. The Morgan fingerprint density at radius 1 is 1.00 bits per heavy atom. The lowest BCUT2D eigenvalue weighted by molar-refractivity contribution is 0.102. The van der Waals surface area contributed by atoms with Gasteiger partial charge in [-0.3, -0.25) is 4.79 Å². The normalized spacial score (nSPS) is 11.0. The van der Waals surface area contributed by atoms with Crippen LogP contribution in [0, 0.1) is 6.92 Å². The Kier molecular flexibility index (Phi) is 5.30. The molecule has 1 N–H and O–H groups in total. The van der Waals surface area contributed by atoms with Crippen LogP contribution >= 0.6 is 46.1 Å². The first kappa shape index (κ1) is 19.2. The molecule has 4 rings (SSSR count). The van der Waals surface area contributed by atoms with E-state index in [-0.39, 0.29) is 5.91 Å². The van der Waals surface area contributed by atoms with Gasteiger partial charge < -0.3 is 5.32 Å². The second-order valence-electron chi connectivity index (χ2n) is 6.22. The van der Waals surface area contributed by atoms with Crippen molar-refractivity contribution < 1.29 is 4.79 Å². The molecule has 1 aromatic heterocycles. The monoisotopic (exact) mass is 446 g/mol. The van der Waals surface area contributed by atoms with Crippen molar-refractivity contribution in [3.8, 4) is 10.6 Å². The van der Waals surface area contributed by atoms with Gasteiger partial charge in [0.05, 0.1) is 20.9 Å². The minimum atomic E-state index is -0.312. The molecule has 0 aliphatic heterocycles. The van der Waals surface area contributed by atoms with E-state index in [9.17, 15) is 4.79 Å². The van der Waals surface area contributed by atoms with Crippen LogP contribution in [0.5, 0.6) is 0 Å². The van der Waals surface area contributed by atoms with Crippen LogP contribution in [0.25, 0.3) is 20.8 Å². The van der Waals surface area contributed by atoms with Gasteiger partial charge in [-0.05, 0) is 48.9 Å². The molecule has 0 unspecified atom stereocenters. The Hall–Kier alpha value is -2.11. The van der Waals surface area contributed by atoms with Crippen molar-refractivity contribution >= 4 is 68.0 Å². The van der Waals surface area contributed by atoms with E-state index in [1.165, 1.54) is 11.3 Å². The molecule has 0 fully saturated rings. The number of fused-ring (bicyclic) bond motifs is 1.